The van der Waals surface area contributed by atoms with Gasteiger partial charge in [-0.25, -0.2) is 13.8 Å². The minimum absolute atomic E-state index is 0.149. The summed E-state index contributed by atoms with van der Waals surface area (Å²) in [6.45, 7) is 2.55. The van der Waals surface area contributed by atoms with Gasteiger partial charge >= 0.3 is 0 Å². The Morgan fingerprint density at radius 1 is 1.35 bits per heavy atom. The maximum Gasteiger partial charge on any atom is 0.154 e. The van der Waals surface area contributed by atoms with Crippen LogP contribution in [0.1, 0.15) is 31.7 Å². The Hall–Kier alpha value is -1.14. The van der Waals surface area contributed by atoms with Crippen molar-refractivity contribution in [1.29, 1.82) is 0 Å². The van der Waals surface area contributed by atoms with Gasteiger partial charge in [0.25, 0.3) is 0 Å². The Balaban J connectivity index is 1.74. The first-order chi connectivity index (χ1) is 10.9. The van der Waals surface area contributed by atoms with E-state index in [1.54, 1.807) is 0 Å². The normalized spacial score (nSPS) is 35.3. The van der Waals surface area contributed by atoms with Gasteiger partial charge in [0.15, 0.2) is 5.17 Å². The molecule has 1 aromatic rings. The van der Waals surface area contributed by atoms with Crippen molar-refractivity contribution in [2.24, 2.45) is 22.1 Å². The number of ether oxygens (including phenoxy) is 1. The number of aliphatic imine (C=N–C) groups is 1. The van der Waals surface area contributed by atoms with Crippen LogP contribution in [0.2, 0.25) is 0 Å². The van der Waals surface area contributed by atoms with E-state index in [2.05, 4.69) is 11.9 Å². The van der Waals surface area contributed by atoms with E-state index in [-0.39, 0.29) is 17.4 Å². The third-order valence-corrected chi connectivity index (χ3v) is 6.59. The summed E-state index contributed by atoms with van der Waals surface area (Å²) in [5.74, 6) is -0.210. The molecule has 1 aliphatic carbocycles. The highest BCUT2D eigenvalue weighted by atomic mass is 32.2. The van der Waals surface area contributed by atoms with E-state index in [1.807, 2.05) is 0 Å². The van der Waals surface area contributed by atoms with Crippen molar-refractivity contribution in [2.45, 2.75) is 37.8 Å². The van der Waals surface area contributed by atoms with Gasteiger partial charge in [-0.05, 0) is 30.7 Å². The fraction of sp³-hybridized carbons (Fsp3) is 0.588. The number of hydrogen-bond acceptors (Lipinski definition) is 4. The number of fused-ring (bicyclic) bond motifs is 1. The minimum Gasteiger partial charge on any atom is -0.379 e. The molecule has 3 nitrogen and oxygen atoms in total. The first kappa shape index (κ1) is 15.4. The van der Waals surface area contributed by atoms with Gasteiger partial charge in [0.1, 0.15) is 17.2 Å². The van der Waals surface area contributed by atoms with Crippen LogP contribution in [-0.4, -0.2) is 23.6 Å². The second-order valence-corrected chi connectivity index (χ2v) is 8.24. The molecule has 1 saturated carbocycles. The van der Waals surface area contributed by atoms with Crippen LogP contribution in [0.25, 0.3) is 0 Å². The topological polar surface area (TPSA) is 47.6 Å². The second kappa shape index (κ2) is 5.18. The Morgan fingerprint density at radius 3 is 2.83 bits per heavy atom. The smallest absolute Gasteiger partial charge is 0.154 e. The maximum atomic E-state index is 14.5. The molecule has 0 aromatic heterocycles. The standard InChI is InChI=1S/C17H20F2N2OS/c1-16(4-5-16)14-6-10-8-23-15(20)21-17(10,9-22-14)12-3-2-11(18)7-13(12)19/h2-3,7,10,14H,4-6,8-9H2,1H3,(H2,20,21)/t10?,14-,17+/m1/s1. The molecule has 2 aliphatic heterocycles. The summed E-state index contributed by atoms with van der Waals surface area (Å²) in [7, 11) is 0. The summed E-state index contributed by atoms with van der Waals surface area (Å²) in [6, 6.07) is 3.70. The van der Waals surface area contributed by atoms with Crippen molar-refractivity contribution in [3.05, 3.63) is 35.4 Å². The van der Waals surface area contributed by atoms with Crippen molar-refractivity contribution >= 4 is 16.9 Å². The Morgan fingerprint density at radius 2 is 2.13 bits per heavy atom. The highest BCUT2D eigenvalue weighted by Crippen LogP contribution is 2.56. The summed E-state index contributed by atoms with van der Waals surface area (Å²) < 4.78 is 33.9. The van der Waals surface area contributed by atoms with E-state index in [0.29, 0.717) is 17.3 Å². The van der Waals surface area contributed by atoms with Crippen LogP contribution < -0.4 is 5.73 Å². The van der Waals surface area contributed by atoms with Crippen LogP contribution in [-0.2, 0) is 10.3 Å². The zero-order valence-corrected chi connectivity index (χ0v) is 13.8. The first-order valence-corrected chi connectivity index (χ1v) is 8.97. The molecule has 0 amide bonds. The van der Waals surface area contributed by atoms with Gasteiger partial charge in [-0.3, -0.25) is 0 Å². The zero-order valence-electron chi connectivity index (χ0n) is 13.0. The van der Waals surface area contributed by atoms with Crippen LogP contribution >= 0.6 is 11.8 Å². The van der Waals surface area contributed by atoms with Crippen molar-refractivity contribution in [1.82, 2.24) is 0 Å². The lowest BCUT2D eigenvalue weighted by molar-refractivity contribution is -0.0861. The SMILES string of the molecule is CC1([C@H]2CC3CSC(N)=N[C@@]3(c3ccc(F)cc3F)CO2)CC1. The Kier molecular flexibility index (Phi) is 3.47. The molecule has 0 spiro atoms. The lowest BCUT2D eigenvalue weighted by Gasteiger charge is -2.47. The minimum atomic E-state index is -0.825. The van der Waals surface area contributed by atoms with Crippen molar-refractivity contribution < 1.29 is 13.5 Å². The molecule has 1 unspecified atom stereocenters. The quantitative estimate of drug-likeness (QED) is 0.899. The van der Waals surface area contributed by atoms with Crippen LogP contribution in [0.15, 0.2) is 23.2 Å². The molecule has 1 aromatic carbocycles. The van der Waals surface area contributed by atoms with E-state index >= 15 is 0 Å². The fourth-order valence-corrected chi connectivity index (χ4v) is 4.83. The highest BCUT2D eigenvalue weighted by molar-refractivity contribution is 8.13. The third kappa shape index (κ3) is 2.47. The third-order valence-electron chi connectivity index (χ3n) is 5.63. The molecule has 1 saturated heterocycles. The van der Waals surface area contributed by atoms with Gasteiger partial charge in [-0.1, -0.05) is 24.8 Å². The molecule has 2 heterocycles. The largest absolute Gasteiger partial charge is 0.379 e. The van der Waals surface area contributed by atoms with Crippen LogP contribution in [0.4, 0.5) is 8.78 Å². The average molecular weight is 338 g/mol. The van der Waals surface area contributed by atoms with Gasteiger partial charge in [0, 0.05) is 23.3 Å². The van der Waals surface area contributed by atoms with E-state index in [1.165, 1.54) is 36.7 Å². The number of hydrogen-bond donors (Lipinski definition) is 1. The van der Waals surface area contributed by atoms with Crippen LogP contribution in [0.5, 0.6) is 0 Å². The Bertz CT molecular complexity index is 677. The van der Waals surface area contributed by atoms with Crippen molar-refractivity contribution in [3.8, 4) is 0 Å². The van der Waals surface area contributed by atoms with Gasteiger partial charge in [0.2, 0.25) is 0 Å². The molecule has 6 heteroatoms. The molecule has 2 fully saturated rings. The van der Waals surface area contributed by atoms with E-state index in [0.717, 1.165) is 18.2 Å². The number of thioether (sulfide) groups is 1. The summed E-state index contributed by atoms with van der Waals surface area (Å²) in [5.41, 5.74) is 5.76. The number of nitrogens with zero attached hydrogens (tertiary/aromatic N) is 1. The van der Waals surface area contributed by atoms with Gasteiger partial charge in [-0.2, -0.15) is 0 Å². The van der Waals surface area contributed by atoms with Crippen molar-refractivity contribution in [3.63, 3.8) is 0 Å². The van der Waals surface area contributed by atoms with Gasteiger partial charge in [-0.15, -0.1) is 0 Å². The lowest BCUT2D eigenvalue weighted by Crippen LogP contribution is -2.51. The molecule has 3 atom stereocenters. The lowest BCUT2D eigenvalue weighted by atomic mass is 9.73. The van der Waals surface area contributed by atoms with E-state index in [4.69, 9.17) is 10.5 Å². The maximum absolute atomic E-state index is 14.5. The fourth-order valence-electron chi connectivity index (χ4n) is 3.81. The summed E-state index contributed by atoms with van der Waals surface area (Å²) in [6.07, 6.45) is 3.40. The molecule has 0 radical (unpaired) electrons. The Labute approximate surface area is 138 Å². The van der Waals surface area contributed by atoms with Crippen LogP contribution in [0, 0.1) is 23.0 Å². The second-order valence-electron chi connectivity index (χ2n) is 7.20. The summed E-state index contributed by atoms with van der Waals surface area (Å²) in [5, 5.41) is 0.449. The van der Waals surface area contributed by atoms with Crippen molar-refractivity contribution in [2.75, 3.05) is 12.4 Å². The number of nitrogens with two attached hydrogens (primary N) is 1. The van der Waals surface area contributed by atoms with E-state index in [9.17, 15) is 8.78 Å². The molecular weight excluding hydrogens is 318 g/mol. The molecule has 2 N–H and O–H groups in total. The first-order valence-electron chi connectivity index (χ1n) is 7.98. The number of benzene rings is 1. The van der Waals surface area contributed by atoms with Gasteiger partial charge in [0.05, 0.1) is 12.7 Å². The predicted octanol–water partition coefficient (Wildman–Crippen LogP) is 3.43. The monoisotopic (exact) mass is 338 g/mol. The van der Waals surface area contributed by atoms with Crippen LogP contribution in [0.3, 0.4) is 0 Å². The molecule has 23 heavy (non-hydrogen) atoms. The molecule has 124 valence electrons. The molecular formula is C17H20F2N2OS. The molecule has 3 aliphatic rings. The number of halogens is 2. The molecule has 0 bridgehead atoms. The highest BCUT2D eigenvalue weighted by Gasteiger charge is 2.55. The zero-order chi connectivity index (χ0) is 16.2. The number of rotatable bonds is 2. The number of amidine groups is 1. The van der Waals surface area contributed by atoms with Gasteiger partial charge < -0.3 is 10.5 Å². The molecule has 4 rings (SSSR count). The van der Waals surface area contributed by atoms with E-state index < -0.39 is 17.2 Å². The summed E-state index contributed by atoms with van der Waals surface area (Å²) in [4.78, 5) is 4.60. The predicted molar refractivity (Wildman–Crippen MR) is 87.3 cm³/mol. The average Bonchev–Trinajstić information content (AvgIpc) is 3.25. The summed E-state index contributed by atoms with van der Waals surface area (Å²) >= 11 is 1.51.